The van der Waals surface area contributed by atoms with Crippen LogP contribution in [0.1, 0.15) is 13.3 Å². The second-order valence-corrected chi connectivity index (χ2v) is 4.35. The summed E-state index contributed by atoms with van der Waals surface area (Å²) in [6, 6.07) is 8.42. The van der Waals surface area contributed by atoms with Crippen LogP contribution in [-0.4, -0.2) is 34.7 Å². The summed E-state index contributed by atoms with van der Waals surface area (Å²) in [4.78, 5) is 24.3. The first-order chi connectivity index (χ1) is 8.59. The van der Waals surface area contributed by atoms with Gasteiger partial charge in [0.15, 0.2) is 0 Å². The lowest BCUT2D eigenvalue weighted by Crippen LogP contribution is -2.39. The van der Waals surface area contributed by atoms with Crippen molar-refractivity contribution >= 4 is 12.1 Å². The average Bonchev–Trinajstić information content (AvgIpc) is 2.72. The molecule has 1 amide bonds. The Labute approximate surface area is 105 Å². The predicted octanol–water partition coefficient (Wildman–Crippen LogP) is 1.98. The largest absolute Gasteiger partial charge is 0.481 e. The number of nitrogens with zero attached hydrogens (tertiary/aromatic N) is 1. The van der Waals surface area contributed by atoms with E-state index < -0.39 is 18.0 Å². The summed E-state index contributed by atoms with van der Waals surface area (Å²) in [6.07, 6.45) is -0.0159. The first-order valence-corrected chi connectivity index (χ1v) is 5.86. The van der Waals surface area contributed by atoms with Crippen LogP contribution in [0.3, 0.4) is 0 Å². The predicted molar refractivity (Wildman–Crippen MR) is 64.4 cm³/mol. The smallest absolute Gasteiger partial charge is 0.415 e. The molecule has 1 aromatic carbocycles. The standard InChI is InChI=1S/C13H15NO4/c1-9-11(12(15)16)7-8-14(9)13(17)18-10-5-3-2-4-6-10/h2-6,9,11H,7-8H2,1H3,(H,15,16). The van der Waals surface area contributed by atoms with Crippen LogP contribution in [0, 0.1) is 5.92 Å². The van der Waals surface area contributed by atoms with Crippen LogP contribution >= 0.6 is 0 Å². The molecule has 1 aliphatic heterocycles. The first-order valence-electron chi connectivity index (χ1n) is 5.86. The number of carboxylic acid groups (broad SMARTS) is 1. The second kappa shape index (κ2) is 5.08. The number of carbonyl (C=O) groups is 2. The fourth-order valence-corrected chi connectivity index (χ4v) is 2.18. The number of rotatable bonds is 2. The fraction of sp³-hybridized carbons (Fsp3) is 0.385. The lowest BCUT2D eigenvalue weighted by atomic mass is 10.0. The molecular weight excluding hydrogens is 234 g/mol. The summed E-state index contributed by atoms with van der Waals surface area (Å²) < 4.78 is 5.19. The molecule has 18 heavy (non-hydrogen) atoms. The van der Waals surface area contributed by atoms with Crippen molar-refractivity contribution in [2.75, 3.05) is 6.54 Å². The van der Waals surface area contributed by atoms with Crippen LogP contribution in [0.25, 0.3) is 0 Å². The number of hydrogen-bond acceptors (Lipinski definition) is 3. The van der Waals surface area contributed by atoms with Gasteiger partial charge in [0.25, 0.3) is 0 Å². The molecule has 0 spiro atoms. The van der Waals surface area contributed by atoms with E-state index in [0.29, 0.717) is 18.7 Å². The van der Waals surface area contributed by atoms with E-state index in [9.17, 15) is 9.59 Å². The third-order valence-electron chi connectivity index (χ3n) is 3.26. The zero-order chi connectivity index (χ0) is 13.1. The van der Waals surface area contributed by atoms with Gasteiger partial charge in [0.05, 0.1) is 5.92 Å². The van der Waals surface area contributed by atoms with Gasteiger partial charge in [0.1, 0.15) is 5.75 Å². The van der Waals surface area contributed by atoms with Crippen LogP contribution in [-0.2, 0) is 4.79 Å². The molecule has 96 valence electrons. The Kier molecular flexibility index (Phi) is 3.50. The van der Waals surface area contributed by atoms with Gasteiger partial charge in [-0.05, 0) is 25.5 Å². The van der Waals surface area contributed by atoms with E-state index in [1.54, 1.807) is 31.2 Å². The molecule has 0 radical (unpaired) electrons. The maximum Gasteiger partial charge on any atom is 0.415 e. The van der Waals surface area contributed by atoms with Crippen LogP contribution in [0.2, 0.25) is 0 Å². The highest BCUT2D eigenvalue weighted by Crippen LogP contribution is 2.25. The van der Waals surface area contributed by atoms with E-state index in [4.69, 9.17) is 9.84 Å². The summed E-state index contributed by atoms with van der Waals surface area (Å²) in [7, 11) is 0. The van der Waals surface area contributed by atoms with Crippen molar-refractivity contribution in [3.63, 3.8) is 0 Å². The van der Waals surface area contributed by atoms with Crippen LogP contribution in [0.4, 0.5) is 4.79 Å². The van der Waals surface area contributed by atoms with Crippen molar-refractivity contribution in [3.05, 3.63) is 30.3 Å². The normalized spacial score (nSPS) is 22.8. The second-order valence-electron chi connectivity index (χ2n) is 4.35. The molecular formula is C13H15NO4. The molecule has 0 aliphatic carbocycles. The SMILES string of the molecule is CC1C(C(=O)O)CCN1C(=O)Oc1ccccc1. The molecule has 0 aromatic heterocycles. The van der Waals surface area contributed by atoms with Gasteiger partial charge in [-0.1, -0.05) is 18.2 Å². The molecule has 1 fully saturated rings. The molecule has 5 nitrogen and oxygen atoms in total. The minimum Gasteiger partial charge on any atom is -0.481 e. The number of amides is 1. The lowest BCUT2D eigenvalue weighted by molar-refractivity contribution is -0.142. The van der Waals surface area contributed by atoms with Gasteiger partial charge in [-0.2, -0.15) is 0 Å². The molecule has 2 atom stereocenters. The Hall–Kier alpha value is -2.04. The highest BCUT2D eigenvalue weighted by atomic mass is 16.6. The number of carbonyl (C=O) groups excluding carboxylic acids is 1. The van der Waals surface area contributed by atoms with Crippen LogP contribution < -0.4 is 4.74 Å². The Morgan fingerprint density at radius 1 is 1.33 bits per heavy atom. The Bertz CT molecular complexity index is 446. The van der Waals surface area contributed by atoms with E-state index in [0.717, 1.165) is 0 Å². The lowest BCUT2D eigenvalue weighted by Gasteiger charge is -2.22. The Morgan fingerprint density at radius 3 is 2.56 bits per heavy atom. The number of aliphatic carboxylic acids is 1. The Balaban J connectivity index is 2.01. The van der Waals surface area contributed by atoms with E-state index in [1.807, 2.05) is 6.07 Å². The summed E-state index contributed by atoms with van der Waals surface area (Å²) in [5.41, 5.74) is 0. The van der Waals surface area contributed by atoms with Gasteiger partial charge in [0, 0.05) is 12.6 Å². The van der Waals surface area contributed by atoms with Crippen LogP contribution in [0.5, 0.6) is 5.75 Å². The quantitative estimate of drug-likeness (QED) is 0.870. The molecule has 1 saturated heterocycles. The molecule has 0 saturated carbocycles. The Morgan fingerprint density at radius 2 is 2.00 bits per heavy atom. The summed E-state index contributed by atoms with van der Waals surface area (Å²) in [5, 5.41) is 8.99. The zero-order valence-corrected chi connectivity index (χ0v) is 10.1. The molecule has 1 aliphatic rings. The monoisotopic (exact) mass is 249 g/mol. The van der Waals surface area contributed by atoms with E-state index in [1.165, 1.54) is 4.90 Å². The van der Waals surface area contributed by atoms with Crippen LogP contribution in [0.15, 0.2) is 30.3 Å². The highest BCUT2D eigenvalue weighted by Gasteiger charge is 2.38. The molecule has 1 N–H and O–H groups in total. The summed E-state index contributed by atoms with van der Waals surface area (Å²) in [5.74, 6) is -0.903. The maximum absolute atomic E-state index is 11.9. The third kappa shape index (κ3) is 2.45. The number of likely N-dealkylation sites (tertiary alicyclic amines) is 1. The minimum atomic E-state index is -0.863. The minimum absolute atomic E-state index is 0.335. The summed E-state index contributed by atoms with van der Waals surface area (Å²) in [6.45, 7) is 2.15. The zero-order valence-electron chi connectivity index (χ0n) is 10.1. The molecule has 2 unspecified atom stereocenters. The van der Waals surface area contributed by atoms with Crippen molar-refractivity contribution in [1.29, 1.82) is 0 Å². The van der Waals surface area contributed by atoms with E-state index in [2.05, 4.69) is 0 Å². The molecule has 5 heteroatoms. The van der Waals surface area contributed by atoms with Gasteiger partial charge in [-0.25, -0.2) is 4.79 Å². The molecule has 2 rings (SSSR count). The molecule has 0 bridgehead atoms. The van der Waals surface area contributed by atoms with Crippen molar-refractivity contribution in [2.24, 2.45) is 5.92 Å². The van der Waals surface area contributed by atoms with E-state index >= 15 is 0 Å². The number of para-hydroxylation sites is 1. The fourth-order valence-electron chi connectivity index (χ4n) is 2.18. The highest BCUT2D eigenvalue weighted by molar-refractivity contribution is 5.76. The number of carboxylic acids is 1. The third-order valence-corrected chi connectivity index (χ3v) is 3.26. The number of benzene rings is 1. The first kappa shape index (κ1) is 12.4. The van der Waals surface area contributed by atoms with Crippen molar-refractivity contribution in [2.45, 2.75) is 19.4 Å². The van der Waals surface area contributed by atoms with Gasteiger partial charge >= 0.3 is 12.1 Å². The average molecular weight is 249 g/mol. The number of ether oxygens (including phenoxy) is 1. The molecule has 1 aromatic rings. The van der Waals surface area contributed by atoms with Crippen molar-refractivity contribution < 1.29 is 19.4 Å². The van der Waals surface area contributed by atoms with Gasteiger partial charge in [-0.15, -0.1) is 0 Å². The van der Waals surface area contributed by atoms with Gasteiger partial charge in [-0.3, -0.25) is 4.79 Å². The van der Waals surface area contributed by atoms with Crippen molar-refractivity contribution in [3.8, 4) is 5.75 Å². The topological polar surface area (TPSA) is 66.8 Å². The maximum atomic E-state index is 11.9. The number of hydrogen-bond donors (Lipinski definition) is 1. The van der Waals surface area contributed by atoms with E-state index in [-0.39, 0.29) is 6.04 Å². The van der Waals surface area contributed by atoms with Crippen molar-refractivity contribution in [1.82, 2.24) is 4.90 Å². The summed E-state index contributed by atoms with van der Waals surface area (Å²) >= 11 is 0. The van der Waals surface area contributed by atoms with Gasteiger partial charge < -0.3 is 14.7 Å². The van der Waals surface area contributed by atoms with Gasteiger partial charge in [0.2, 0.25) is 0 Å². The molecule has 1 heterocycles.